The number of rotatable bonds is 3. The first-order valence-corrected chi connectivity index (χ1v) is 8.35. The number of aryl methyl sites for hydroxylation is 1. The lowest BCUT2D eigenvalue weighted by molar-refractivity contribution is 0.220. The number of hydrogen-bond acceptors (Lipinski definition) is 2. The molecule has 1 atom stereocenters. The molecule has 3 nitrogen and oxygen atoms in total. The van der Waals surface area contributed by atoms with E-state index in [0.717, 1.165) is 31.1 Å². The third-order valence-electron chi connectivity index (χ3n) is 4.52. The Hall–Kier alpha value is -1.97. The lowest BCUT2D eigenvalue weighted by Gasteiger charge is -2.30. The van der Waals surface area contributed by atoms with E-state index in [0.29, 0.717) is 0 Å². The van der Waals surface area contributed by atoms with Crippen LogP contribution in [0.3, 0.4) is 0 Å². The average molecular weight is 327 g/mol. The lowest BCUT2D eigenvalue weighted by Crippen LogP contribution is -2.29. The fourth-order valence-corrected chi connectivity index (χ4v) is 3.72. The average Bonchev–Trinajstić information content (AvgIpc) is 3.19. The van der Waals surface area contributed by atoms with Gasteiger partial charge in [0.2, 0.25) is 0 Å². The third kappa shape index (κ3) is 2.82. The maximum Gasteiger partial charge on any atom is 0.0947 e. The van der Waals surface area contributed by atoms with Crippen molar-refractivity contribution in [2.45, 2.75) is 25.6 Å². The molecule has 0 amide bonds. The first-order chi connectivity index (χ1) is 11.3. The monoisotopic (exact) mass is 326 g/mol. The lowest BCUT2D eigenvalue weighted by atomic mass is 10.0. The van der Waals surface area contributed by atoms with Crippen LogP contribution in [-0.4, -0.2) is 16.0 Å². The molecule has 1 aliphatic rings. The van der Waals surface area contributed by atoms with Crippen molar-refractivity contribution in [2.24, 2.45) is 0 Å². The van der Waals surface area contributed by atoms with Crippen LogP contribution in [0.25, 0.3) is 0 Å². The molecule has 1 aromatic carbocycles. The zero-order valence-corrected chi connectivity index (χ0v) is 13.6. The van der Waals surface area contributed by atoms with Crippen LogP contribution >= 0.6 is 11.6 Å². The summed E-state index contributed by atoms with van der Waals surface area (Å²) in [5.74, 6) is 0. The van der Waals surface area contributed by atoms with Crippen LogP contribution in [0.4, 0.5) is 0 Å². The van der Waals surface area contributed by atoms with Crippen LogP contribution in [0.5, 0.6) is 0 Å². The van der Waals surface area contributed by atoms with E-state index in [4.69, 9.17) is 16.0 Å². The fraction of sp³-hybridized carbons (Fsp3) is 0.263. The van der Waals surface area contributed by atoms with Crippen molar-refractivity contribution in [3.63, 3.8) is 0 Å². The molecule has 23 heavy (non-hydrogen) atoms. The molecular weight excluding hydrogens is 308 g/mol. The maximum atomic E-state index is 6.54. The van der Waals surface area contributed by atoms with Crippen LogP contribution in [-0.2, 0) is 13.1 Å². The van der Waals surface area contributed by atoms with Gasteiger partial charge in [-0.2, -0.15) is 0 Å². The fourth-order valence-electron chi connectivity index (χ4n) is 3.48. The number of fused-ring (bicyclic) bond motifs is 1. The summed E-state index contributed by atoms with van der Waals surface area (Å²) < 4.78 is 7.60. The smallest absolute Gasteiger partial charge is 0.0947 e. The van der Waals surface area contributed by atoms with Crippen LogP contribution in [0.15, 0.2) is 65.6 Å². The van der Waals surface area contributed by atoms with E-state index in [1.54, 1.807) is 6.26 Å². The minimum Gasteiger partial charge on any atom is -0.472 e. The van der Waals surface area contributed by atoms with Crippen LogP contribution in [0.2, 0.25) is 5.02 Å². The van der Waals surface area contributed by atoms with Gasteiger partial charge in [0.1, 0.15) is 0 Å². The quantitative estimate of drug-likeness (QED) is 0.694. The first kappa shape index (κ1) is 14.6. The number of furan rings is 1. The molecule has 3 heterocycles. The molecule has 0 N–H and O–H groups in total. The van der Waals surface area contributed by atoms with Gasteiger partial charge >= 0.3 is 0 Å². The van der Waals surface area contributed by atoms with Gasteiger partial charge in [-0.15, -0.1) is 0 Å². The highest BCUT2D eigenvalue weighted by atomic mass is 35.5. The summed E-state index contributed by atoms with van der Waals surface area (Å²) in [6, 6.07) is 14.7. The van der Waals surface area contributed by atoms with E-state index in [-0.39, 0.29) is 6.04 Å². The Morgan fingerprint density at radius 3 is 2.83 bits per heavy atom. The molecule has 0 bridgehead atoms. The van der Waals surface area contributed by atoms with Crippen molar-refractivity contribution < 1.29 is 4.42 Å². The van der Waals surface area contributed by atoms with Crippen molar-refractivity contribution in [2.75, 3.05) is 6.54 Å². The minimum atomic E-state index is 0.163. The third-order valence-corrected chi connectivity index (χ3v) is 4.86. The van der Waals surface area contributed by atoms with Gasteiger partial charge in [0.25, 0.3) is 0 Å². The highest BCUT2D eigenvalue weighted by Crippen LogP contribution is 2.36. The SMILES string of the molecule is Clc1ccccc1C1c2cccn2CCCN1Cc1ccoc1. The van der Waals surface area contributed by atoms with E-state index >= 15 is 0 Å². The molecular formula is C19H19ClN2O. The second-order valence-corrected chi connectivity index (χ2v) is 6.41. The van der Waals surface area contributed by atoms with Crippen molar-refractivity contribution in [1.29, 1.82) is 0 Å². The van der Waals surface area contributed by atoms with Gasteiger partial charge in [-0.1, -0.05) is 29.8 Å². The molecule has 0 spiro atoms. The number of hydrogen-bond donors (Lipinski definition) is 0. The van der Waals surface area contributed by atoms with Crippen molar-refractivity contribution in [3.05, 3.63) is 83.0 Å². The molecule has 118 valence electrons. The van der Waals surface area contributed by atoms with Crippen molar-refractivity contribution in [1.82, 2.24) is 9.47 Å². The standard InChI is InChI=1S/C19H19ClN2O/c20-17-6-2-1-5-16(17)19-18-7-3-9-21(18)10-4-11-22(19)13-15-8-12-23-14-15/h1-3,5-9,12,14,19H,4,10-11,13H2. The summed E-state index contributed by atoms with van der Waals surface area (Å²) in [5.41, 5.74) is 3.67. The van der Waals surface area contributed by atoms with Gasteiger partial charge in [-0.3, -0.25) is 4.90 Å². The summed E-state index contributed by atoms with van der Waals surface area (Å²) in [6.45, 7) is 2.94. The zero-order valence-electron chi connectivity index (χ0n) is 12.9. The van der Waals surface area contributed by atoms with E-state index in [2.05, 4.69) is 39.9 Å². The summed E-state index contributed by atoms with van der Waals surface area (Å²) >= 11 is 6.54. The normalized spacial score (nSPS) is 18.6. The molecule has 0 radical (unpaired) electrons. The number of aromatic nitrogens is 1. The first-order valence-electron chi connectivity index (χ1n) is 7.97. The van der Waals surface area contributed by atoms with E-state index in [1.165, 1.54) is 16.8 Å². The van der Waals surface area contributed by atoms with Gasteiger partial charge in [0, 0.05) is 42.1 Å². The Bertz CT molecular complexity index is 778. The maximum absolute atomic E-state index is 6.54. The van der Waals surface area contributed by atoms with E-state index in [1.807, 2.05) is 24.5 Å². The topological polar surface area (TPSA) is 21.3 Å². The molecule has 0 aliphatic carbocycles. The van der Waals surface area contributed by atoms with E-state index in [9.17, 15) is 0 Å². The largest absolute Gasteiger partial charge is 0.472 e. The Morgan fingerprint density at radius 1 is 1.09 bits per heavy atom. The van der Waals surface area contributed by atoms with Gasteiger partial charge in [-0.25, -0.2) is 0 Å². The summed E-state index contributed by atoms with van der Waals surface area (Å²) in [5, 5.41) is 0.823. The van der Waals surface area contributed by atoms with Crippen LogP contribution < -0.4 is 0 Å². The number of halogens is 1. The predicted molar refractivity (Wildman–Crippen MR) is 91.5 cm³/mol. The van der Waals surface area contributed by atoms with Crippen molar-refractivity contribution >= 4 is 11.6 Å². The molecule has 1 unspecified atom stereocenters. The predicted octanol–water partition coefficient (Wildman–Crippen LogP) is 4.73. The highest BCUT2D eigenvalue weighted by Gasteiger charge is 2.28. The molecule has 0 fully saturated rings. The minimum absolute atomic E-state index is 0.163. The molecule has 0 saturated carbocycles. The van der Waals surface area contributed by atoms with Crippen LogP contribution in [0, 0.1) is 0 Å². The molecule has 2 aromatic heterocycles. The van der Waals surface area contributed by atoms with Gasteiger partial charge in [0.15, 0.2) is 0 Å². The van der Waals surface area contributed by atoms with Gasteiger partial charge in [-0.05, 0) is 36.2 Å². The number of benzene rings is 1. The summed E-state index contributed by atoms with van der Waals surface area (Å²) in [6.07, 6.45) is 6.86. The second-order valence-electron chi connectivity index (χ2n) is 6.01. The Balaban J connectivity index is 1.79. The second kappa shape index (κ2) is 6.26. The summed E-state index contributed by atoms with van der Waals surface area (Å²) in [7, 11) is 0. The number of nitrogens with zero attached hydrogens (tertiary/aromatic N) is 2. The molecule has 4 rings (SSSR count). The summed E-state index contributed by atoms with van der Waals surface area (Å²) in [4.78, 5) is 2.49. The zero-order chi connectivity index (χ0) is 15.6. The molecule has 0 saturated heterocycles. The Morgan fingerprint density at radius 2 is 2.00 bits per heavy atom. The molecule has 4 heteroatoms. The molecule has 1 aliphatic heterocycles. The van der Waals surface area contributed by atoms with E-state index < -0.39 is 0 Å². The van der Waals surface area contributed by atoms with Gasteiger partial charge < -0.3 is 8.98 Å². The Kier molecular flexibility index (Phi) is 3.98. The Labute approximate surface area is 141 Å². The van der Waals surface area contributed by atoms with Crippen LogP contribution in [0.1, 0.15) is 29.3 Å². The van der Waals surface area contributed by atoms with Crippen molar-refractivity contribution in [3.8, 4) is 0 Å². The van der Waals surface area contributed by atoms with Gasteiger partial charge in [0.05, 0.1) is 18.6 Å². The molecule has 3 aromatic rings. The highest BCUT2D eigenvalue weighted by molar-refractivity contribution is 6.31.